The van der Waals surface area contributed by atoms with Crippen LogP contribution in [0.15, 0.2) is 59.7 Å². The molecule has 0 saturated heterocycles. The summed E-state index contributed by atoms with van der Waals surface area (Å²) in [6.07, 6.45) is 2.81. The Morgan fingerprint density at radius 2 is 1.81 bits per heavy atom. The van der Waals surface area contributed by atoms with Gasteiger partial charge in [-0.3, -0.25) is 19.7 Å². The number of unbranched alkanes of at least 4 members (excludes halogenated alkanes) is 1. The third-order valence-corrected chi connectivity index (χ3v) is 5.71. The Morgan fingerprint density at radius 1 is 1.12 bits per heavy atom. The Morgan fingerprint density at radius 3 is 2.44 bits per heavy atom. The van der Waals surface area contributed by atoms with Crippen LogP contribution in [-0.2, 0) is 10.5 Å². The van der Waals surface area contributed by atoms with E-state index in [1.54, 1.807) is 0 Å². The van der Waals surface area contributed by atoms with Gasteiger partial charge < -0.3 is 5.32 Å². The third kappa shape index (κ3) is 8.50. The van der Waals surface area contributed by atoms with Crippen molar-refractivity contribution in [3.8, 4) is 0 Å². The molecule has 2 amide bonds. The van der Waals surface area contributed by atoms with Crippen LogP contribution in [0.25, 0.3) is 0 Å². The molecule has 0 aliphatic carbocycles. The number of carbonyl (C=O) groups is 2. The summed E-state index contributed by atoms with van der Waals surface area (Å²) in [5, 5.41) is 17.7. The summed E-state index contributed by atoms with van der Waals surface area (Å²) in [5.41, 5.74) is 4.62. The van der Waals surface area contributed by atoms with Gasteiger partial charge in [0.05, 0.1) is 4.92 Å². The van der Waals surface area contributed by atoms with Crippen LogP contribution in [0.3, 0.4) is 0 Å². The molecular formula is C23H28N4O4S. The number of hydrogen-bond acceptors (Lipinski definition) is 6. The predicted molar refractivity (Wildman–Crippen MR) is 128 cm³/mol. The van der Waals surface area contributed by atoms with Crippen LogP contribution in [0, 0.1) is 10.1 Å². The van der Waals surface area contributed by atoms with Crippen LogP contribution in [-0.4, -0.2) is 34.2 Å². The van der Waals surface area contributed by atoms with Crippen molar-refractivity contribution in [3.63, 3.8) is 0 Å². The van der Waals surface area contributed by atoms with Crippen LogP contribution >= 0.6 is 11.8 Å². The Labute approximate surface area is 192 Å². The topological polar surface area (TPSA) is 114 Å². The van der Waals surface area contributed by atoms with Crippen molar-refractivity contribution >= 4 is 35.0 Å². The molecule has 0 bridgehead atoms. The first-order chi connectivity index (χ1) is 15.4. The molecule has 2 rings (SSSR count). The maximum absolute atomic E-state index is 12.7. The molecule has 2 aromatic carbocycles. The number of hydrogen-bond donors (Lipinski definition) is 2. The van der Waals surface area contributed by atoms with Crippen molar-refractivity contribution in [2.24, 2.45) is 5.10 Å². The molecule has 0 fully saturated rings. The van der Waals surface area contributed by atoms with Gasteiger partial charge in [-0.1, -0.05) is 43.7 Å². The van der Waals surface area contributed by atoms with Crippen LogP contribution in [0.5, 0.6) is 0 Å². The van der Waals surface area contributed by atoms with Gasteiger partial charge in [-0.05, 0) is 37.5 Å². The lowest BCUT2D eigenvalue weighted by molar-refractivity contribution is -0.384. The fourth-order valence-corrected chi connectivity index (χ4v) is 3.76. The van der Waals surface area contributed by atoms with Gasteiger partial charge in [0.2, 0.25) is 0 Å². The summed E-state index contributed by atoms with van der Waals surface area (Å²) in [5.74, 6) is 0.156. The maximum atomic E-state index is 12.7. The zero-order valence-electron chi connectivity index (χ0n) is 18.2. The lowest BCUT2D eigenvalue weighted by Gasteiger charge is -2.17. The number of nitro benzene ring substituents is 1. The molecule has 0 aliphatic heterocycles. The number of amides is 2. The first-order valence-electron chi connectivity index (χ1n) is 10.4. The zero-order valence-corrected chi connectivity index (χ0v) is 19.1. The summed E-state index contributed by atoms with van der Waals surface area (Å²) in [4.78, 5) is 35.7. The summed E-state index contributed by atoms with van der Waals surface area (Å²) in [6.45, 7) is 3.93. The second-order valence-corrected chi connectivity index (χ2v) is 8.29. The minimum Gasteiger partial charge on any atom is -0.339 e. The molecule has 1 atom stereocenters. The number of hydrazone groups is 1. The molecule has 32 heavy (non-hydrogen) atoms. The first kappa shape index (κ1) is 25.1. The minimum absolute atomic E-state index is 0.105. The highest BCUT2D eigenvalue weighted by molar-refractivity contribution is 7.98. The van der Waals surface area contributed by atoms with E-state index in [9.17, 15) is 19.7 Å². The van der Waals surface area contributed by atoms with Gasteiger partial charge in [-0.15, -0.1) is 0 Å². The van der Waals surface area contributed by atoms with Crippen molar-refractivity contribution in [2.75, 3.05) is 5.75 Å². The number of benzene rings is 2. The molecule has 1 unspecified atom stereocenters. The van der Waals surface area contributed by atoms with Gasteiger partial charge >= 0.3 is 0 Å². The molecule has 0 saturated carbocycles. The lowest BCUT2D eigenvalue weighted by atomic mass is 10.2. The first-order valence-corrected chi connectivity index (χ1v) is 11.6. The SMILES string of the molecule is CCCC/C(C)=N/NC(=O)C(CSCc1ccccc1)NC(=O)c1ccc([N+](=O)[O-])cc1. The molecule has 0 heterocycles. The lowest BCUT2D eigenvalue weighted by Crippen LogP contribution is -2.47. The van der Waals surface area contributed by atoms with Crippen LogP contribution < -0.4 is 10.7 Å². The number of rotatable bonds is 12. The van der Waals surface area contributed by atoms with E-state index in [4.69, 9.17) is 0 Å². The standard InChI is InChI=1S/C23H28N4O4S/c1-3-4-8-17(2)25-26-23(29)21(16-32-15-18-9-6-5-7-10-18)24-22(28)19-11-13-20(14-12-19)27(30)31/h5-7,9-14,21H,3-4,8,15-16H2,1-2H3,(H,24,28)(H,26,29)/b25-17+. The Balaban J connectivity index is 2.04. The molecule has 2 aromatic rings. The fourth-order valence-electron chi connectivity index (χ4n) is 2.74. The number of carbonyl (C=O) groups excluding carboxylic acids is 2. The van der Waals surface area contributed by atoms with E-state index in [1.165, 1.54) is 36.0 Å². The molecule has 2 N–H and O–H groups in total. The van der Waals surface area contributed by atoms with E-state index in [-0.39, 0.29) is 11.3 Å². The van der Waals surface area contributed by atoms with Crippen LogP contribution in [0.4, 0.5) is 5.69 Å². The zero-order chi connectivity index (χ0) is 23.3. The Bertz CT molecular complexity index is 933. The predicted octanol–water partition coefficient (Wildman–Crippen LogP) is 4.31. The van der Waals surface area contributed by atoms with Gasteiger partial charge in [0.1, 0.15) is 6.04 Å². The van der Waals surface area contributed by atoms with Gasteiger partial charge in [0, 0.05) is 34.9 Å². The van der Waals surface area contributed by atoms with Gasteiger partial charge in [-0.25, -0.2) is 5.43 Å². The molecule has 0 aromatic heterocycles. The van der Waals surface area contributed by atoms with Crippen LogP contribution in [0.1, 0.15) is 49.0 Å². The summed E-state index contributed by atoms with van der Waals surface area (Å²) in [6, 6.07) is 14.3. The molecule has 0 aliphatic rings. The molecular weight excluding hydrogens is 428 g/mol. The average molecular weight is 457 g/mol. The molecule has 8 nitrogen and oxygen atoms in total. The van der Waals surface area contributed by atoms with Gasteiger partial charge in [-0.2, -0.15) is 16.9 Å². The minimum atomic E-state index is -0.811. The van der Waals surface area contributed by atoms with Gasteiger partial charge in [0.25, 0.3) is 17.5 Å². The number of nitro groups is 1. The second kappa shape index (κ2) is 13.3. The number of non-ortho nitro benzene ring substituents is 1. The third-order valence-electron chi connectivity index (χ3n) is 4.61. The van der Waals surface area contributed by atoms with Crippen molar-refractivity contribution in [1.29, 1.82) is 0 Å². The van der Waals surface area contributed by atoms with Crippen molar-refractivity contribution in [2.45, 2.75) is 44.9 Å². The van der Waals surface area contributed by atoms with Crippen LogP contribution in [0.2, 0.25) is 0 Å². The quantitative estimate of drug-likeness (QED) is 0.281. The largest absolute Gasteiger partial charge is 0.339 e. The summed E-state index contributed by atoms with van der Waals surface area (Å²) < 4.78 is 0. The van der Waals surface area contributed by atoms with E-state index in [0.29, 0.717) is 11.5 Å². The normalized spacial score (nSPS) is 12.1. The maximum Gasteiger partial charge on any atom is 0.269 e. The molecule has 170 valence electrons. The number of thioether (sulfide) groups is 1. The monoisotopic (exact) mass is 456 g/mol. The highest BCUT2D eigenvalue weighted by atomic mass is 32.2. The molecule has 0 spiro atoms. The van der Waals surface area contributed by atoms with E-state index in [1.807, 2.05) is 37.3 Å². The average Bonchev–Trinajstić information content (AvgIpc) is 2.81. The summed E-state index contributed by atoms with van der Waals surface area (Å²) >= 11 is 1.52. The fraction of sp³-hybridized carbons (Fsp3) is 0.348. The highest BCUT2D eigenvalue weighted by Gasteiger charge is 2.22. The second-order valence-electron chi connectivity index (χ2n) is 7.26. The van der Waals surface area contributed by atoms with Crippen molar-refractivity contribution in [3.05, 3.63) is 75.8 Å². The van der Waals surface area contributed by atoms with Crippen molar-refractivity contribution < 1.29 is 14.5 Å². The Hall–Kier alpha value is -3.20. The van der Waals surface area contributed by atoms with E-state index in [2.05, 4.69) is 22.8 Å². The van der Waals surface area contributed by atoms with Crippen molar-refractivity contribution in [1.82, 2.24) is 10.7 Å². The molecule has 9 heteroatoms. The number of nitrogens with zero attached hydrogens (tertiary/aromatic N) is 2. The molecule has 0 radical (unpaired) electrons. The van der Waals surface area contributed by atoms with E-state index < -0.39 is 22.8 Å². The number of nitrogens with one attached hydrogen (secondary N) is 2. The Kier molecular flexibility index (Phi) is 10.4. The van der Waals surface area contributed by atoms with E-state index >= 15 is 0 Å². The van der Waals surface area contributed by atoms with Gasteiger partial charge in [0.15, 0.2) is 0 Å². The smallest absolute Gasteiger partial charge is 0.269 e. The highest BCUT2D eigenvalue weighted by Crippen LogP contribution is 2.15. The van der Waals surface area contributed by atoms with E-state index in [0.717, 1.165) is 30.5 Å². The summed E-state index contributed by atoms with van der Waals surface area (Å²) in [7, 11) is 0.